The third kappa shape index (κ3) is 1.34. The quantitative estimate of drug-likeness (QED) is 0.434. The molecule has 0 aromatic heterocycles. The van der Waals surface area contributed by atoms with Crippen molar-refractivity contribution in [2.24, 2.45) is 0 Å². The molecule has 1 heterocycles. The molecule has 1 heteroatoms. The predicted molar refractivity (Wildman–Crippen MR) is 33.8 cm³/mol. The van der Waals surface area contributed by atoms with Crippen molar-refractivity contribution in [3.63, 3.8) is 0 Å². The van der Waals surface area contributed by atoms with Crippen molar-refractivity contribution in [1.82, 2.24) is 0 Å². The molecule has 0 bridgehead atoms. The second kappa shape index (κ2) is 2.31. The van der Waals surface area contributed by atoms with Gasteiger partial charge in [0.05, 0.1) is 12.2 Å². The third-order valence-electron chi connectivity index (χ3n) is 1.32. The molecule has 1 aliphatic heterocycles. The van der Waals surface area contributed by atoms with E-state index in [1.807, 2.05) is 0 Å². The van der Waals surface area contributed by atoms with Gasteiger partial charge in [-0.2, -0.15) is 0 Å². The van der Waals surface area contributed by atoms with E-state index in [1.165, 1.54) is 0 Å². The average Bonchev–Trinajstić information content (AvgIpc) is 1.64. The fourth-order valence-electron chi connectivity index (χ4n) is 0.929. The van der Waals surface area contributed by atoms with Gasteiger partial charge in [-0.1, -0.05) is 12.2 Å². The summed E-state index contributed by atoms with van der Waals surface area (Å²) in [5.74, 6) is 0. The van der Waals surface area contributed by atoms with Crippen LogP contribution in [0.15, 0.2) is 12.2 Å². The van der Waals surface area contributed by atoms with Crippen LogP contribution in [-0.4, -0.2) is 12.2 Å². The molecule has 2 unspecified atom stereocenters. The van der Waals surface area contributed by atoms with E-state index in [0.717, 1.165) is 6.42 Å². The van der Waals surface area contributed by atoms with E-state index < -0.39 is 0 Å². The highest BCUT2D eigenvalue weighted by Crippen LogP contribution is 2.09. The molecule has 8 heavy (non-hydrogen) atoms. The van der Waals surface area contributed by atoms with Crippen molar-refractivity contribution in [3.8, 4) is 0 Å². The van der Waals surface area contributed by atoms with Crippen LogP contribution in [0.2, 0.25) is 0 Å². The maximum atomic E-state index is 5.40. The largest absolute Gasteiger partial charge is 0.371 e. The van der Waals surface area contributed by atoms with Gasteiger partial charge in [0.25, 0.3) is 0 Å². The summed E-state index contributed by atoms with van der Waals surface area (Å²) < 4.78 is 5.40. The lowest BCUT2D eigenvalue weighted by Crippen LogP contribution is -2.17. The molecule has 0 aromatic carbocycles. The lowest BCUT2D eigenvalue weighted by Gasteiger charge is -2.19. The van der Waals surface area contributed by atoms with E-state index in [9.17, 15) is 0 Å². The van der Waals surface area contributed by atoms with Gasteiger partial charge >= 0.3 is 0 Å². The molecular weight excluding hydrogens is 100 g/mol. The summed E-state index contributed by atoms with van der Waals surface area (Å²) in [6.07, 6.45) is 6.11. The Bertz CT molecular complexity index is 96.6. The zero-order valence-corrected chi connectivity index (χ0v) is 5.42. The summed E-state index contributed by atoms with van der Waals surface area (Å²) in [6, 6.07) is 0. The van der Waals surface area contributed by atoms with Crippen molar-refractivity contribution in [1.29, 1.82) is 0 Å². The van der Waals surface area contributed by atoms with Crippen molar-refractivity contribution < 1.29 is 4.74 Å². The van der Waals surface area contributed by atoms with Gasteiger partial charge in [0.2, 0.25) is 0 Å². The normalized spacial score (nSPS) is 37.8. The molecule has 0 saturated carbocycles. The SMILES string of the molecule is CC1C=CCC(C)O1. The summed E-state index contributed by atoms with van der Waals surface area (Å²) in [6.45, 7) is 4.16. The summed E-state index contributed by atoms with van der Waals surface area (Å²) in [7, 11) is 0. The van der Waals surface area contributed by atoms with Crippen LogP contribution in [0, 0.1) is 0 Å². The van der Waals surface area contributed by atoms with Gasteiger partial charge in [-0.25, -0.2) is 0 Å². The highest BCUT2D eigenvalue weighted by atomic mass is 16.5. The fraction of sp³-hybridized carbons (Fsp3) is 0.714. The Morgan fingerprint density at radius 1 is 1.50 bits per heavy atom. The zero-order valence-electron chi connectivity index (χ0n) is 5.42. The highest BCUT2D eigenvalue weighted by molar-refractivity contribution is 4.92. The van der Waals surface area contributed by atoms with Crippen LogP contribution in [0.4, 0.5) is 0 Å². The van der Waals surface area contributed by atoms with E-state index in [0.29, 0.717) is 12.2 Å². The van der Waals surface area contributed by atoms with Crippen LogP contribution in [-0.2, 0) is 4.74 Å². The van der Waals surface area contributed by atoms with Gasteiger partial charge in [-0.3, -0.25) is 0 Å². The summed E-state index contributed by atoms with van der Waals surface area (Å²) in [4.78, 5) is 0. The first kappa shape index (κ1) is 5.83. The van der Waals surface area contributed by atoms with Crippen molar-refractivity contribution in [3.05, 3.63) is 12.2 Å². The molecule has 0 saturated heterocycles. The molecule has 1 aliphatic rings. The van der Waals surface area contributed by atoms with Crippen LogP contribution < -0.4 is 0 Å². The first-order chi connectivity index (χ1) is 3.79. The second-order valence-electron chi connectivity index (χ2n) is 2.32. The van der Waals surface area contributed by atoms with E-state index >= 15 is 0 Å². The molecule has 0 aromatic rings. The smallest absolute Gasteiger partial charge is 0.0731 e. The molecule has 1 rings (SSSR count). The van der Waals surface area contributed by atoms with Crippen molar-refractivity contribution >= 4 is 0 Å². The van der Waals surface area contributed by atoms with Crippen LogP contribution in [0.5, 0.6) is 0 Å². The van der Waals surface area contributed by atoms with E-state index in [2.05, 4.69) is 26.0 Å². The molecule has 0 radical (unpaired) electrons. The molecule has 0 aliphatic carbocycles. The van der Waals surface area contributed by atoms with Crippen LogP contribution in [0.1, 0.15) is 20.3 Å². The monoisotopic (exact) mass is 112 g/mol. The van der Waals surface area contributed by atoms with Gasteiger partial charge < -0.3 is 4.74 Å². The minimum absolute atomic E-state index is 0.332. The van der Waals surface area contributed by atoms with Gasteiger partial charge in [0.1, 0.15) is 0 Å². The Morgan fingerprint density at radius 2 is 2.25 bits per heavy atom. The van der Waals surface area contributed by atoms with Crippen molar-refractivity contribution in [2.75, 3.05) is 0 Å². The summed E-state index contributed by atoms with van der Waals surface area (Å²) >= 11 is 0. The predicted octanol–water partition coefficient (Wildman–Crippen LogP) is 1.74. The Balaban J connectivity index is 2.42. The van der Waals surface area contributed by atoms with Gasteiger partial charge in [-0.15, -0.1) is 0 Å². The Kier molecular flexibility index (Phi) is 1.69. The highest BCUT2D eigenvalue weighted by Gasteiger charge is 2.07. The molecule has 2 atom stereocenters. The zero-order chi connectivity index (χ0) is 5.98. The number of rotatable bonds is 0. The molecule has 0 N–H and O–H groups in total. The first-order valence-corrected chi connectivity index (χ1v) is 3.11. The van der Waals surface area contributed by atoms with E-state index in [1.54, 1.807) is 0 Å². The fourth-order valence-corrected chi connectivity index (χ4v) is 0.929. The van der Waals surface area contributed by atoms with Crippen LogP contribution >= 0.6 is 0 Å². The van der Waals surface area contributed by atoms with Crippen LogP contribution in [0.25, 0.3) is 0 Å². The van der Waals surface area contributed by atoms with Gasteiger partial charge in [0, 0.05) is 0 Å². The number of ether oxygens (including phenoxy) is 1. The minimum Gasteiger partial charge on any atom is -0.371 e. The van der Waals surface area contributed by atoms with E-state index in [-0.39, 0.29) is 0 Å². The Hall–Kier alpha value is -0.300. The van der Waals surface area contributed by atoms with Gasteiger partial charge in [-0.05, 0) is 20.3 Å². The second-order valence-corrected chi connectivity index (χ2v) is 2.32. The molecule has 0 fully saturated rings. The summed E-state index contributed by atoms with van der Waals surface area (Å²) in [5, 5.41) is 0. The Morgan fingerprint density at radius 3 is 2.62 bits per heavy atom. The Labute approximate surface area is 50.3 Å². The van der Waals surface area contributed by atoms with Crippen LogP contribution in [0.3, 0.4) is 0 Å². The van der Waals surface area contributed by atoms with Gasteiger partial charge in [0.15, 0.2) is 0 Å². The maximum absolute atomic E-state index is 5.40. The average molecular weight is 112 g/mol. The molecule has 0 amide bonds. The number of hydrogen-bond acceptors (Lipinski definition) is 1. The lowest BCUT2D eigenvalue weighted by atomic mass is 10.2. The minimum atomic E-state index is 0.332. The first-order valence-electron chi connectivity index (χ1n) is 3.11. The lowest BCUT2D eigenvalue weighted by molar-refractivity contribution is 0.0276. The molecule has 0 spiro atoms. The standard InChI is InChI=1S/C7H12O/c1-6-4-3-5-7(2)8-6/h3-4,6-7H,5H2,1-2H3. The molecular formula is C7H12O. The maximum Gasteiger partial charge on any atom is 0.0731 e. The topological polar surface area (TPSA) is 9.23 Å². The van der Waals surface area contributed by atoms with E-state index in [4.69, 9.17) is 4.74 Å². The van der Waals surface area contributed by atoms with Crippen molar-refractivity contribution in [2.45, 2.75) is 32.5 Å². The number of hydrogen-bond donors (Lipinski definition) is 0. The third-order valence-corrected chi connectivity index (χ3v) is 1.32. The molecule has 46 valence electrons. The molecule has 1 nitrogen and oxygen atoms in total. The summed E-state index contributed by atoms with van der Waals surface area (Å²) in [5.41, 5.74) is 0.